The van der Waals surface area contributed by atoms with E-state index >= 15 is 0 Å². The summed E-state index contributed by atoms with van der Waals surface area (Å²) < 4.78 is 5.50. The van der Waals surface area contributed by atoms with Crippen molar-refractivity contribution in [2.45, 2.75) is 24.8 Å². The highest BCUT2D eigenvalue weighted by atomic mass is 16.5. The number of aliphatic carboxylic acids is 1. The summed E-state index contributed by atoms with van der Waals surface area (Å²) in [6.45, 7) is 3.15. The molecule has 4 heterocycles. The maximum atomic E-state index is 11.3. The van der Waals surface area contributed by atoms with Crippen LogP contribution in [-0.2, 0) is 4.79 Å². The fourth-order valence-corrected chi connectivity index (χ4v) is 3.74. The van der Waals surface area contributed by atoms with E-state index in [1.807, 2.05) is 12.1 Å². The number of likely N-dealkylation sites (tertiary alicyclic amines) is 1. The van der Waals surface area contributed by atoms with Crippen LogP contribution in [0.1, 0.15) is 24.7 Å². The number of carbonyl (C=O) groups is 1. The summed E-state index contributed by atoms with van der Waals surface area (Å²) in [7, 11) is 0. The quantitative estimate of drug-likeness (QED) is 0.702. The van der Waals surface area contributed by atoms with Crippen LogP contribution in [0.5, 0.6) is 0 Å². The third-order valence-corrected chi connectivity index (χ3v) is 5.07. The van der Waals surface area contributed by atoms with Gasteiger partial charge in [-0.2, -0.15) is 4.98 Å². The van der Waals surface area contributed by atoms with Crippen LogP contribution in [0.15, 0.2) is 29.0 Å². The maximum absolute atomic E-state index is 11.3. The number of hydrazine groups is 1. The Hall–Kier alpha value is -2.36. The van der Waals surface area contributed by atoms with Gasteiger partial charge in [-0.3, -0.25) is 15.2 Å². The summed E-state index contributed by atoms with van der Waals surface area (Å²) in [6, 6.07) is 3.20. The van der Waals surface area contributed by atoms with Crippen LogP contribution < -0.4 is 10.9 Å². The van der Waals surface area contributed by atoms with Gasteiger partial charge in [0, 0.05) is 43.5 Å². The van der Waals surface area contributed by atoms with Gasteiger partial charge >= 0.3 is 5.97 Å². The number of piperidine rings is 1. The van der Waals surface area contributed by atoms with Crippen molar-refractivity contribution >= 4 is 5.97 Å². The van der Waals surface area contributed by atoms with Crippen molar-refractivity contribution in [2.75, 3.05) is 26.2 Å². The standard InChI is InChI=1S/C17H22N6O3/c24-17(25)14-13(8-19-21-14)10-23-6-2-4-12(9-23)16-20-15(22-26-16)11-3-1-5-18-7-11/h1,3,5,7,12-14,19,21H,2,4,6,8-10H2,(H,24,25). The average Bonchev–Trinajstić information content (AvgIpc) is 3.32. The Kier molecular flexibility index (Phi) is 4.91. The molecule has 2 aliphatic heterocycles. The van der Waals surface area contributed by atoms with Crippen molar-refractivity contribution in [3.8, 4) is 11.4 Å². The molecule has 3 atom stereocenters. The van der Waals surface area contributed by atoms with Crippen molar-refractivity contribution in [1.82, 2.24) is 30.9 Å². The van der Waals surface area contributed by atoms with E-state index in [-0.39, 0.29) is 11.8 Å². The molecule has 2 fully saturated rings. The number of carboxylic acids is 1. The van der Waals surface area contributed by atoms with Gasteiger partial charge in [-0.05, 0) is 31.5 Å². The first-order chi connectivity index (χ1) is 12.7. The number of hydrogen-bond acceptors (Lipinski definition) is 8. The van der Waals surface area contributed by atoms with E-state index in [0.717, 1.165) is 38.0 Å². The van der Waals surface area contributed by atoms with Crippen LogP contribution in [0, 0.1) is 5.92 Å². The van der Waals surface area contributed by atoms with E-state index in [2.05, 4.69) is 30.9 Å². The Balaban J connectivity index is 1.41. The molecule has 2 aliphatic rings. The predicted octanol–water partition coefficient (Wildman–Crippen LogP) is 0.488. The summed E-state index contributed by atoms with van der Waals surface area (Å²) in [5.74, 6) is 0.602. The number of pyridine rings is 1. The molecule has 26 heavy (non-hydrogen) atoms. The number of nitrogens with zero attached hydrogens (tertiary/aromatic N) is 4. The number of aromatic nitrogens is 3. The molecular formula is C17H22N6O3. The third-order valence-electron chi connectivity index (χ3n) is 5.07. The second-order valence-electron chi connectivity index (χ2n) is 6.90. The minimum absolute atomic E-state index is 0.0416. The molecule has 3 unspecified atom stereocenters. The summed E-state index contributed by atoms with van der Waals surface area (Å²) >= 11 is 0. The lowest BCUT2D eigenvalue weighted by molar-refractivity contribution is -0.140. The third kappa shape index (κ3) is 3.59. The molecule has 2 saturated heterocycles. The highest BCUT2D eigenvalue weighted by Crippen LogP contribution is 2.28. The average molecular weight is 358 g/mol. The number of rotatable bonds is 5. The normalized spacial score (nSPS) is 26.8. The number of nitrogens with one attached hydrogen (secondary N) is 2. The van der Waals surface area contributed by atoms with Crippen molar-refractivity contribution in [3.63, 3.8) is 0 Å². The van der Waals surface area contributed by atoms with Gasteiger partial charge in [0.15, 0.2) is 0 Å². The molecule has 0 bridgehead atoms. The molecule has 4 rings (SSSR count). The molecule has 3 N–H and O–H groups in total. The minimum Gasteiger partial charge on any atom is -0.480 e. The number of hydrogen-bond donors (Lipinski definition) is 3. The fraction of sp³-hybridized carbons (Fsp3) is 0.529. The SMILES string of the molecule is O=C(O)C1NNCC1CN1CCCC(c2nc(-c3cccnc3)no2)C1. The summed E-state index contributed by atoms with van der Waals surface area (Å²) in [5, 5.41) is 13.4. The van der Waals surface area contributed by atoms with E-state index in [4.69, 9.17) is 4.52 Å². The van der Waals surface area contributed by atoms with Crippen LogP contribution in [0.25, 0.3) is 11.4 Å². The van der Waals surface area contributed by atoms with Crippen LogP contribution in [0.2, 0.25) is 0 Å². The molecule has 2 aromatic rings. The summed E-state index contributed by atoms with van der Waals surface area (Å²) in [5.41, 5.74) is 6.63. The van der Waals surface area contributed by atoms with Gasteiger partial charge in [0.1, 0.15) is 6.04 Å². The van der Waals surface area contributed by atoms with E-state index in [0.29, 0.717) is 18.3 Å². The zero-order chi connectivity index (χ0) is 17.9. The van der Waals surface area contributed by atoms with Crippen LogP contribution in [0.3, 0.4) is 0 Å². The minimum atomic E-state index is -0.813. The maximum Gasteiger partial charge on any atom is 0.322 e. The Bertz CT molecular complexity index is 752. The zero-order valence-electron chi connectivity index (χ0n) is 14.3. The molecule has 138 valence electrons. The van der Waals surface area contributed by atoms with Gasteiger partial charge in [0.25, 0.3) is 0 Å². The largest absolute Gasteiger partial charge is 0.480 e. The molecule has 9 nitrogen and oxygen atoms in total. The van der Waals surface area contributed by atoms with Crippen molar-refractivity contribution < 1.29 is 14.4 Å². The second kappa shape index (κ2) is 7.48. The van der Waals surface area contributed by atoms with E-state index < -0.39 is 12.0 Å². The van der Waals surface area contributed by atoms with E-state index in [1.54, 1.807) is 12.4 Å². The topological polar surface area (TPSA) is 116 Å². The smallest absolute Gasteiger partial charge is 0.322 e. The van der Waals surface area contributed by atoms with Crippen LogP contribution in [0.4, 0.5) is 0 Å². The highest BCUT2D eigenvalue weighted by Gasteiger charge is 2.35. The van der Waals surface area contributed by atoms with Crippen molar-refractivity contribution in [3.05, 3.63) is 30.4 Å². The molecule has 0 amide bonds. The Morgan fingerprint density at radius 3 is 3.19 bits per heavy atom. The van der Waals surface area contributed by atoms with Gasteiger partial charge in [-0.1, -0.05) is 5.16 Å². The molecule has 9 heteroatoms. The first-order valence-corrected chi connectivity index (χ1v) is 8.88. The van der Waals surface area contributed by atoms with Crippen LogP contribution >= 0.6 is 0 Å². The molecule has 0 spiro atoms. The Morgan fingerprint density at radius 2 is 2.38 bits per heavy atom. The number of carboxylic acid groups (broad SMARTS) is 1. The van der Waals surface area contributed by atoms with Gasteiger partial charge < -0.3 is 14.5 Å². The molecule has 0 aromatic carbocycles. The molecule has 0 radical (unpaired) electrons. The molecule has 2 aromatic heterocycles. The van der Waals surface area contributed by atoms with E-state index in [9.17, 15) is 9.90 Å². The molecule has 0 saturated carbocycles. The Morgan fingerprint density at radius 1 is 1.46 bits per heavy atom. The van der Waals surface area contributed by atoms with Gasteiger partial charge in [0.2, 0.25) is 11.7 Å². The molecular weight excluding hydrogens is 336 g/mol. The summed E-state index contributed by atoms with van der Waals surface area (Å²) in [6.07, 6.45) is 5.45. The van der Waals surface area contributed by atoms with Gasteiger partial charge in [-0.25, -0.2) is 5.43 Å². The van der Waals surface area contributed by atoms with Crippen LogP contribution in [-0.4, -0.2) is 63.3 Å². The van der Waals surface area contributed by atoms with Crippen molar-refractivity contribution in [1.29, 1.82) is 0 Å². The van der Waals surface area contributed by atoms with Crippen molar-refractivity contribution in [2.24, 2.45) is 5.92 Å². The predicted molar refractivity (Wildman–Crippen MR) is 92.0 cm³/mol. The first kappa shape index (κ1) is 17.1. The van der Waals surface area contributed by atoms with Gasteiger partial charge in [0.05, 0.1) is 5.92 Å². The fourth-order valence-electron chi connectivity index (χ4n) is 3.74. The lowest BCUT2D eigenvalue weighted by Crippen LogP contribution is -2.44. The Labute approximate surface area is 150 Å². The lowest BCUT2D eigenvalue weighted by atomic mass is 9.95. The zero-order valence-corrected chi connectivity index (χ0v) is 14.3. The first-order valence-electron chi connectivity index (χ1n) is 8.88. The van der Waals surface area contributed by atoms with Gasteiger partial charge in [-0.15, -0.1) is 0 Å². The highest BCUT2D eigenvalue weighted by molar-refractivity contribution is 5.74. The second-order valence-corrected chi connectivity index (χ2v) is 6.90. The lowest BCUT2D eigenvalue weighted by Gasteiger charge is -2.33. The molecule has 0 aliphatic carbocycles. The van der Waals surface area contributed by atoms with E-state index in [1.165, 1.54) is 0 Å². The summed E-state index contributed by atoms with van der Waals surface area (Å²) in [4.78, 5) is 22.3. The monoisotopic (exact) mass is 358 g/mol.